The van der Waals surface area contributed by atoms with Gasteiger partial charge in [0.05, 0.1) is 5.52 Å². The zero-order valence-corrected chi connectivity index (χ0v) is 40.0. The monoisotopic (exact) mass is 852 g/mol. The van der Waals surface area contributed by atoms with Crippen LogP contribution in [0.1, 0.15) is 109 Å². The Morgan fingerprint density at radius 2 is 1.12 bits per heavy atom. The maximum atomic E-state index is 4.23. The molecule has 1 aromatic heterocycles. The molecule has 0 fully saturated rings. The van der Waals surface area contributed by atoms with Gasteiger partial charge in [-0.1, -0.05) is 152 Å². The van der Waals surface area contributed by atoms with Crippen molar-refractivity contribution in [2.24, 2.45) is 0 Å². The standard InChI is InChI=1S/C63H57BN2/c1-36-31-45-48(63(8,9)30-27-60(45,2)3)35-51(36)65-50-25-23-38-21-22-40-32-46-47(62(6,7)29-28-61(46,4)5)34-44(40)54(38)57(50)56-42-18-13-11-16-39(42)33-53-58(56)64-49-20-14-19-43-55-41-17-12-10-15-37(41)24-26-52(55)66(53)59(43)49/h10-20,23-26,31-35,64-65H,27-30H2,1-9H3. The van der Waals surface area contributed by atoms with Gasteiger partial charge in [-0.05, 0) is 163 Å². The Morgan fingerprint density at radius 1 is 0.500 bits per heavy atom. The molecule has 2 heterocycles. The molecule has 3 heteroatoms. The maximum absolute atomic E-state index is 4.23. The van der Waals surface area contributed by atoms with E-state index in [9.17, 15) is 0 Å². The van der Waals surface area contributed by atoms with Crippen LogP contribution in [-0.4, -0.2) is 11.8 Å². The van der Waals surface area contributed by atoms with Gasteiger partial charge in [0.25, 0.3) is 0 Å². The summed E-state index contributed by atoms with van der Waals surface area (Å²) in [5.74, 6) is 0. The zero-order chi connectivity index (χ0) is 45.2. The lowest BCUT2D eigenvalue weighted by atomic mass is 9.58. The number of rotatable bonds is 3. The number of aromatic nitrogens is 1. The van der Waals surface area contributed by atoms with Crippen molar-refractivity contribution in [1.29, 1.82) is 0 Å². The highest BCUT2D eigenvalue weighted by Gasteiger charge is 2.39. The number of nitrogens with zero attached hydrogens (tertiary/aromatic N) is 1. The number of nitrogens with one attached hydrogen (secondary N) is 1. The Kier molecular flexibility index (Phi) is 8.04. The highest BCUT2D eigenvalue weighted by Crippen LogP contribution is 2.52. The molecule has 0 unspecified atom stereocenters. The van der Waals surface area contributed by atoms with Crippen LogP contribution >= 0.6 is 0 Å². The number of anilines is 2. The first-order chi connectivity index (χ1) is 31.6. The SMILES string of the molecule is Cc1cc2c(cc1Nc1ccc3c#cc4cc5c(cc4c3c1-c1c3c(cc4ccccc14)-n1c4ccc6ccccc6c4c4cccc(c41)B3)C(C)(C)CCC5(C)C)C(C)(C)CCC2(C)C. The minimum Gasteiger partial charge on any atom is -0.355 e. The lowest BCUT2D eigenvalue weighted by molar-refractivity contribution is 0.332. The summed E-state index contributed by atoms with van der Waals surface area (Å²) >= 11 is 0. The smallest absolute Gasteiger partial charge is 0.198 e. The van der Waals surface area contributed by atoms with Crippen molar-refractivity contribution in [3.63, 3.8) is 0 Å². The van der Waals surface area contributed by atoms with E-state index in [-0.39, 0.29) is 21.7 Å². The van der Waals surface area contributed by atoms with Gasteiger partial charge >= 0.3 is 0 Å². The van der Waals surface area contributed by atoms with Gasteiger partial charge in [-0.2, -0.15) is 0 Å². The number of hydrogen-bond donors (Lipinski definition) is 1. The normalized spacial score (nSPS) is 17.4. The molecule has 0 atom stereocenters. The summed E-state index contributed by atoms with van der Waals surface area (Å²) in [4.78, 5) is 0. The highest BCUT2D eigenvalue weighted by molar-refractivity contribution is 6.74. The van der Waals surface area contributed by atoms with E-state index in [1.54, 1.807) is 0 Å². The Morgan fingerprint density at radius 3 is 1.86 bits per heavy atom. The van der Waals surface area contributed by atoms with Crippen molar-refractivity contribution in [3.8, 4) is 16.8 Å². The van der Waals surface area contributed by atoms with E-state index in [0.717, 1.165) is 30.2 Å². The van der Waals surface area contributed by atoms with Gasteiger partial charge in [0.2, 0.25) is 0 Å². The summed E-state index contributed by atoms with van der Waals surface area (Å²) in [5, 5.41) is 16.7. The molecule has 1 N–H and O–H groups in total. The van der Waals surface area contributed by atoms with Crippen molar-refractivity contribution < 1.29 is 0 Å². The van der Waals surface area contributed by atoms with Crippen molar-refractivity contribution in [3.05, 3.63) is 161 Å². The first-order valence-electron chi connectivity index (χ1n) is 24.4. The van der Waals surface area contributed by atoms with E-state index >= 15 is 0 Å². The van der Waals surface area contributed by atoms with Crippen molar-refractivity contribution in [2.75, 3.05) is 5.32 Å². The van der Waals surface area contributed by atoms with Crippen LogP contribution < -0.4 is 16.2 Å². The minimum absolute atomic E-state index is 0.0507. The fourth-order valence-electron chi connectivity index (χ4n) is 12.9. The van der Waals surface area contributed by atoms with Crippen molar-refractivity contribution in [2.45, 2.75) is 110 Å². The zero-order valence-electron chi connectivity index (χ0n) is 40.0. The predicted octanol–water partition coefficient (Wildman–Crippen LogP) is 15.1. The van der Waals surface area contributed by atoms with E-state index in [2.05, 4.69) is 206 Å². The quantitative estimate of drug-likeness (QED) is 0.175. The summed E-state index contributed by atoms with van der Waals surface area (Å²) < 4.78 is 2.61. The second kappa shape index (κ2) is 13.3. The number of aryl methyl sites for hydroxylation is 1. The van der Waals surface area contributed by atoms with Gasteiger partial charge in [0.1, 0.15) is 0 Å². The van der Waals surface area contributed by atoms with E-state index in [0.29, 0.717) is 0 Å². The van der Waals surface area contributed by atoms with E-state index in [4.69, 9.17) is 0 Å². The fraction of sp³-hybridized carbons (Fsp3) is 0.270. The van der Waals surface area contributed by atoms with Crippen LogP contribution in [0.5, 0.6) is 0 Å². The van der Waals surface area contributed by atoms with Crippen LogP contribution in [0.3, 0.4) is 0 Å². The molecule has 0 amide bonds. The van der Waals surface area contributed by atoms with E-state index < -0.39 is 0 Å². The second-order valence-corrected chi connectivity index (χ2v) is 23.0. The Balaban J connectivity index is 1.18. The third kappa shape index (κ3) is 5.51. The molecule has 0 radical (unpaired) electrons. The van der Waals surface area contributed by atoms with Crippen LogP contribution in [0.2, 0.25) is 0 Å². The average Bonchev–Trinajstić information content (AvgIpc) is 3.65. The molecule has 0 saturated heterocycles. The van der Waals surface area contributed by atoms with Gasteiger partial charge < -0.3 is 9.88 Å². The number of fused-ring (bicyclic) bond motifs is 13. The largest absolute Gasteiger partial charge is 0.355 e. The van der Waals surface area contributed by atoms with Crippen molar-refractivity contribution >= 4 is 94.5 Å². The summed E-state index contributed by atoms with van der Waals surface area (Å²) in [7, 11) is 0.829. The first kappa shape index (κ1) is 39.8. The van der Waals surface area contributed by atoms with Gasteiger partial charge in [0.15, 0.2) is 7.28 Å². The Bertz CT molecular complexity index is 3780. The topological polar surface area (TPSA) is 17.0 Å². The van der Waals surface area contributed by atoms with Crippen LogP contribution in [0.25, 0.3) is 81.7 Å². The second-order valence-electron chi connectivity index (χ2n) is 23.0. The fourth-order valence-corrected chi connectivity index (χ4v) is 12.9. The molecule has 322 valence electrons. The molecule has 3 aliphatic rings. The molecular weight excluding hydrogens is 796 g/mol. The maximum Gasteiger partial charge on any atom is 0.198 e. The highest BCUT2D eigenvalue weighted by atomic mass is 15.0. The molecule has 2 nitrogen and oxygen atoms in total. The van der Waals surface area contributed by atoms with Crippen LogP contribution in [-0.2, 0) is 21.7 Å². The molecule has 9 aromatic carbocycles. The van der Waals surface area contributed by atoms with Crippen LogP contribution in [0.4, 0.5) is 11.4 Å². The van der Waals surface area contributed by atoms with Gasteiger partial charge in [-0.3, -0.25) is 0 Å². The molecule has 13 rings (SSSR count). The summed E-state index contributed by atoms with van der Waals surface area (Å²) in [6.07, 6.45) is 4.70. The average molecular weight is 853 g/mol. The summed E-state index contributed by atoms with van der Waals surface area (Å²) in [5.41, 5.74) is 19.0. The Hall–Kier alpha value is -6.50. The number of hydrogen-bond acceptors (Lipinski definition) is 1. The lowest BCUT2D eigenvalue weighted by Crippen LogP contribution is -2.37. The molecule has 0 bridgehead atoms. The molecule has 1 aliphatic heterocycles. The minimum atomic E-state index is 0.0507. The lowest BCUT2D eigenvalue weighted by Gasteiger charge is -2.42. The summed E-state index contributed by atoms with van der Waals surface area (Å²) in [6.45, 7) is 21.8. The molecule has 0 spiro atoms. The molecule has 0 saturated carbocycles. The molecule has 2 aliphatic carbocycles. The Labute approximate surface area is 390 Å². The number of benzene rings is 8. The third-order valence-corrected chi connectivity index (χ3v) is 17.0. The molecular formula is C63H57BN2. The van der Waals surface area contributed by atoms with Gasteiger partial charge in [0, 0.05) is 55.1 Å². The van der Waals surface area contributed by atoms with Crippen LogP contribution in [0, 0.1) is 19.1 Å². The van der Waals surface area contributed by atoms with Gasteiger partial charge in [-0.25, -0.2) is 0 Å². The predicted molar refractivity (Wildman–Crippen MR) is 285 cm³/mol. The third-order valence-electron chi connectivity index (χ3n) is 17.0. The van der Waals surface area contributed by atoms with E-state index in [1.165, 1.54) is 135 Å². The first-order valence-corrected chi connectivity index (χ1v) is 24.4. The number of para-hydroxylation sites is 1. The van der Waals surface area contributed by atoms with E-state index in [1.807, 2.05) is 0 Å². The summed E-state index contributed by atoms with van der Waals surface area (Å²) in [6, 6.07) is 54.4. The molecule has 66 heavy (non-hydrogen) atoms. The van der Waals surface area contributed by atoms with Crippen LogP contribution in [0.15, 0.2) is 121 Å². The van der Waals surface area contributed by atoms with Gasteiger partial charge in [-0.15, -0.1) is 0 Å². The van der Waals surface area contributed by atoms with Crippen molar-refractivity contribution in [1.82, 2.24) is 4.57 Å². The molecule has 10 aromatic rings.